The average Bonchev–Trinajstić information content (AvgIpc) is 3.29. The lowest BCUT2D eigenvalue weighted by Crippen LogP contribution is -2.40. The van der Waals surface area contributed by atoms with Crippen LogP contribution in [0.3, 0.4) is 0 Å². The molecule has 8 nitrogen and oxygen atoms in total. The van der Waals surface area contributed by atoms with Crippen molar-refractivity contribution in [1.29, 1.82) is 0 Å². The summed E-state index contributed by atoms with van der Waals surface area (Å²) < 4.78 is 37.6. The van der Waals surface area contributed by atoms with E-state index in [-0.39, 0.29) is 24.1 Å². The Bertz CT molecular complexity index is 776. The number of nitrogens with zero attached hydrogens (tertiary/aromatic N) is 4. The van der Waals surface area contributed by atoms with Crippen molar-refractivity contribution in [3.8, 4) is 0 Å². The summed E-state index contributed by atoms with van der Waals surface area (Å²) in [6.07, 6.45) is -3.00. The van der Waals surface area contributed by atoms with Crippen LogP contribution in [0.5, 0.6) is 0 Å². The molecule has 1 fully saturated rings. The molecule has 0 spiro atoms. The summed E-state index contributed by atoms with van der Waals surface area (Å²) in [6, 6.07) is 3.48. The number of hydrogen-bond acceptors (Lipinski definition) is 5. The summed E-state index contributed by atoms with van der Waals surface area (Å²) in [6.45, 7) is 0.238. The van der Waals surface area contributed by atoms with Gasteiger partial charge in [-0.25, -0.2) is 0 Å². The van der Waals surface area contributed by atoms with Crippen molar-refractivity contribution in [3.05, 3.63) is 41.2 Å². The Kier molecular flexibility index (Phi) is 4.87. The quantitative estimate of drug-likeness (QED) is 0.847. The van der Waals surface area contributed by atoms with Gasteiger partial charge < -0.3 is 10.2 Å². The summed E-state index contributed by atoms with van der Waals surface area (Å²) in [7, 11) is 0. The molecular weight excluding hydrogens is 353 g/mol. The molecule has 1 aromatic carbocycles. The van der Waals surface area contributed by atoms with Crippen molar-refractivity contribution in [2.45, 2.75) is 25.1 Å². The highest BCUT2D eigenvalue weighted by Crippen LogP contribution is 2.30. The van der Waals surface area contributed by atoms with E-state index >= 15 is 0 Å². The van der Waals surface area contributed by atoms with Crippen molar-refractivity contribution in [2.24, 2.45) is 0 Å². The molecule has 11 heteroatoms. The number of tetrazole rings is 1. The van der Waals surface area contributed by atoms with Crippen LogP contribution in [0.15, 0.2) is 24.3 Å². The first-order valence-corrected chi connectivity index (χ1v) is 7.84. The van der Waals surface area contributed by atoms with E-state index in [4.69, 9.17) is 0 Å². The van der Waals surface area contributed by atoms with Gasteiger partial charge in [0.15, 0.2) is 5.82 Å². The normalized spacial score (nSPS) is 17.3. The number of halogens is 3. The van der Waals surface area contributed by atoms with Crippen LogP contribution in [0.1, 0.15) is 40.6 Å². The van der Waals surface area contributed by atoms with Gasteiger partial charge in [-0.1, -0.05) is 5.21 Å². The minimum absolute atomic E-state index is 0.0435. The molecule has 0 aliphatic carbocycles. The highest BCUT2D eigenvalue weighted by atomic mass is 19.4. The number of benzene rings is 1. The largest absolute Gasteiger partial charge is 0.416 e. The Labute approximate surface area is 145 Å². The Morgan fingerprint density at radius 2 is 2.00 bits per heavy atom. The number of carbonyl (C=O) groups is 2. The summed E-state index contributed by atoms with van der Waals surface area (Å²) in [5.41, 5.74) is -0.799. The molecule has 1 saturated heterocycles. The van der Waals surface area contributed by atoms with Gasteiger partial charge in [0.05, 0.1) is 18.2 Å². The molecule has 138 valence electrons. The minimum atomic E-state index is -4.47. The van der Waals surface area contributed by atoms with E-state index in [9.17, 15) is 22.8 Å². The maximum absolute atomic E-state index is 12.5. The molecule has 1 aliphatic rings. The predicted molar refractivity (Wildman–Crippen MR) is 81.6 cm³/mol. The van der Waals surface area contributed by atoms with E-state index in [1.807, 2.05) is 0 Å². The molecule has 2 aromatic rings. The standard InChI is InChI=1S/C15H15F3N6O2/c16-15(17,18)10-5-3-9(4-6-10)14(26)19-8-12(25)24-7-1-2-11(24)13-20-22-23-21-13/h3-6,11H,1-2,7-8H2,(H,19,26)(H,20,21,22,23). The van der Waals surface area contributed by atoms with Gasteiger partial charge in [-0.15, -0.1) is 10.2 Å². The smallest absolute Gasteiger partial charge is 0.343 e. The second-order valence-corrected chi connectivity index (χ2v) is 5.77. The molecule has 26 heavy (non-hydrogen) atoms. The fourth-order valence-electron chi connectivity index (χ4n) is 2.81. The van der Waals surface area contributed by atoms with Gasteiger partial charge in [-0.2, -0.15) is 18.4 Å². The third-order valence-corrected chi connectivity index (χ3v) is 4.11. The van der Waals surface area contributed by atoms with Crippen LogP contribution in [-0.2, 0) is 11.0 Å². The second kappa shape index (κ2) is 7.10. The predicted octanol–water partition coefficient (Wildman–Crippen LogP) is 1.31. The summed E-state index contributed by atoms with van der Waals surface area (Å²) in [5.74, 6) is -0.537. The van der Waals surface area contributed by atoms with E-state index in [1.165, 1.54) is 0 Å². The van der Waals surface area contributed by atoms with Crippen molar-refractivity contribution in [2.75, 3.05) is 13.1 Å². The number of rotatable bonds is 4. The summed E-state index contributed by atoms with van der Waals surface area (Å²) in [5, 5.41) is 16.0. The minimum Gasteiger partial charge on any atom is -0.343 e. The lowest BCUT2D eigenvalue weighted by Gasteiger charge is -2.22. The van der Waals surface area contributed by atoms with Gasteiger partial charge in [0.2, 0.25) is 5.91 Å². The molecular formula is C15H15F3N6O2. The topological polar surface area (TPSA) is 104 Å². The van der Waals surface area contributed by atoms with Crippen molar-refractivity contribution in [3.63, 3.8) is 0 Å². The van der Waals surface area contributed by atoms with E-state index < -0.39 is 17.6 Å². The maximum atomic E-state index is 12.5. The third kappa shape index (κ3) is 3.81. The molecule has 2 amide bonds. The Morgan fingerprint density at radius 1 is 1.27 bits per heavy atom. The molecule has 0 radical (unpaired) electrons. The van der Waals surface area contributed by atoms with Gasteiger partial charge in [-0.3, -0.25) is 9.59 Å². The number of H-pyrrole nitrogens is 1. The molecule has 0 saturated carbocycles. The zero-order chi connectivity index (χ0) is 18.7. The monoisotopic (exact) mass is 368 g/mol. The number of amides is 2. The first-order valence-electron chi connectivity index (χ1n) is 7.84. The van der Waals surface area contributed by atoms with Gasteiger partial charge in [0, 0.05) is 12.1 Å². The number of alkyl halides is 3. The number of hydrogen-bond donors (Lipinski definition) is 2. The van der Waals surface area contributed by atoms with Crippen LogP contribution < -0.4 is 5.32 Å². The second-order valence-electron chi connectivity index (χ2n) is 5.77. The molecule has 1 unspecified atom stereocenters. The van der Waals surface area contributed by atoms with Crippen LogP contribution in [-0.4, -0.2) is 50.4 Å². The molecule has 2 heterocycles. The van der Waals surface area contributed by atoms with Crippen LogP contribution >= 0.6 is 0 Å². The van der Waals surface area contributed by atoms with Crippen molar-refractivity contribution >= 4 is 11.8 Å². The average molecular weight is 368 g/mol. The van der Waals surface area contributed by atoms with E-state index in [0.717, 1.165) is 30.7 Å². The lowest BCUT2D eigenvalue weighted by atomic mass is 10.1. The molecule has 3 rings (SSSR count). The summed E-state index contributed by atoms with van der Waals surface area (Å²) >= 11 is 0. The number of aromatic amines is 1. The van der Waals surface area contributed by atoms with Crippen LogP contribution in [0.25, 0.3) is 0 Å². The fraction of sp³-hybridized carbons (Fsp3) is 0.400. The van der Waals surface area contributed by atoms with Gasteiger partial charge in [-0.05, 0) is 37.1 Å². The lowest BCUT2D eigenvalue weighted by molar-refractivity contribution is -0.137. The molecule has 0 bridgehead atoms. The SMILES string of the molecule is O=C(NCC(=O)N1CCCC1c1nn[nH]n1)c1ccc(C(F)(F)F)cc1. The van der Waals surface area contributed by atoms with Crippen LogP contribution in [0.4, 0.5) is 13.2 Å². The number of nitrogens with one attached hydrogen (secondary N) is 2. The highest BCUT2D eigenvalue weighted by Gasteiger charge is 2.33. The van der Waals surface area contributed by atoms with Crippen molar-refractivity contribution in [1.82, 2.24) is 30.8 Å². The first kappa shape index (κ1) is 17.8. The molecule has 1 atom stereocenters. The first-order chi connectivity index (χ1) is 12.4. The van der Waals surface area contributed by atoms with E-state index in [0.29, 0.717) is 18.8 Å². The Hall–Kier alpha value is -2.98. The maximum Gasteiger partial charge on any atom is 0.416 e. The number of likely N-dealkylation sites (tertiary alicyclic amines) is 1. The van der Waals surface area contributed by atoms with Crippen molar-refractivity contribution < 1.29 is 22.8 Å². The highest BCUT2D eigenvalue weighted by molar-refractivity contribution is 5.96. The molecule has 2 N–H and O–H groups in total. The number of carbonyl (C=O) groups excluding carboxylic acids is 2. The zero-order valence-electron chi connectivity index (χ0n) is 13.5. The van der Waals surface area contributed by atoms with Gasteiger partial charge >= 0.3 is 6.18 Å². The van der Waals surface area contributed by atoms with Gasteiger partial charge in [0.1, 0.15) is 0 Å². The van der Waals surface area contributed by atoms with E-state index in [2.05, 4.69) is 25.9 Å². The Morgan fingerprint density at radius 3 is 2.62 bits per heavy atom. The molecule has 1 aliphatic heterocycles. The third-order valence-electron chi connectivity index (χ3n) is 4.11. The Balaban J connectivity index is 1.58. The zero-order valence-corrected chi connectivity index (χ0v) is 13.5. The van der Waals surface area contributed by atoms with Crippen LogP contribution in [0.2, 0.25) is 0 Å². The fourth-order valence-corrected chi connectivity index (χ4v) is 2.81. The summed E-state index contributed by atoms with van der Waals surface area (Å²) in [4.78, 5) is 25.9. The molecule has 1 aromatic heterocycles. The van der Waals surface area contributed by atoms with Crippen LogP contribution in [0, 0.1) is 0 Å². The van der Waals surface area contributed by atoms with E-state index in [1.54, 1.807) is 4.90 Å². The number of aromatic nitrogens is 4. The van der Waals surface area contributed by atoms with Gasteiger partial charge in [0.25, 0.3) is 5.91 Å².